The first-order valence-corrected chi connectivity index (χ1v) is 7.35. The normalized spacial score (nSPS) is 21.2. The summed E-state index contributed by atoms with van der Waals surface area (Å²) in [6.45, 7) is 8.07. The molecule has 0 saturated carbocycles. The van der Waals surface area contributed by atoms with E-state index in [0.29, 0.717) is 5.75 Å². The largest absolute Gasteiger partial charge is 0.507 e. The van der Waals surface area contributed by atoms with Crippen molar-refractivity contribution in [2.75, 3.05) is 5.75 Å². The van der Waals surface area contributed by atoms with Crippen molar-refractivity contribution in [3.63, 3.8) is 0 Å². The fourth-order valence-corrected chi connectivity index (χ4v) is 2.23. The Labute approximate surface area is 126 Å². The average molecular weight is 292 g/mol. The highest BCUT2D eigenvalue weighted by molar-refractivity contribution is 7.80. The Morgan fingerprint density at radius 1 is 1.20 bits per heavy atom. The van der Waals surface area contributed by atoms with Crippen LogP contribution in [0.2, 0.25) is 0 Å². The highest BCUT2D eigenvalue weighted by Gasteiger charge is 2.52. The van der Waals surface area contributed by atoms with Crippen LogP contribution in [-0.2, 0) is 9.31 Å². The Morgan fingerprint density at radius 3 is 2.25 bits per heavy atom. The van der Waals surface area contributed by atoms with Gasteiger partial charge in [-0.15, -0.1) is 0 Å². The molecule has 1 aliphatic heterocycles. The third kappa shape index (κ3) is 2.90. The average Bonchev–Trinajstić information content (AvgIpc) is 2.57. The molecule has 1 aromatic rings. The van der Waals surface area contributed by atoms with Crippen LogP contribution < -0.4 is 0 Å². The first kappa shape index (κ1) is 15.5. The quantitative estimate of drug-likeness (QED) is 0.663. The minimum Gasteiger partial charge on any atom is -0.507 e. The molecule has 0 radical (unpaired) electrons. The van der Waals surface area contributed by atoms with E-state index in [1.165, 1.54) is 0 Å². The molecule has 0 amide bonds. The predicted octanol–water partition coefficient (Wildman–Crippen LogP) is 3.34. The number of phenols is 1. The summed E-state index contributed by atoms with van der Waals surface area (Å²) >= 11 is 4.36. The molecule has 20 heavy (non-hydrogen) atoms. The van der Waals surface area contributed by atoms with E-state index < -0.39 is 7.12 Å². The van der Waals surface area contributed by atoms with Crippen LogP contribution in [-0.4, -0.2) is 29.2 Å². The molecule has 1 aliphatic rings. The lowest BCUT2D eigenvalue weighted by atomic mass is 9.78. The van der Waals surface area contributed by atoms with Gasteiger partial charge in [0.05, 0.1) is 11.2 Å². The molecule has 0 aromatic heterocycles. The zero-order valence-corrected chi connectivity index (χ0v) is 13.3. The van der Waals surface area contributed by atoms with Gasteiger partial charge < -0.3 is 14.4 Å². The van der Waals surface area contributed by atoms with Gasteiger partial charge in [0.1, 0.15) is 5.75 Å². The summed E-state index contributed by atoms with van der Waals surface area (Å²) in [5.74, 6) is 0.744. The minimum atomic E-state index is -0.433. The molecule has 1 saturated heterocycles. The number of rotatable bonds is 3. The lowest BCUT2D eigenvalue weighted by Crippen LogP contribution is -2.41. The first-order valence-electron chi connectivity index (χ1n) is 6.72. The smallest absolute Gasteiger partial charge is 0.491 e. The summed E-state index contributed by atoms with van der Waals surface area (Å²) in [5, 5.41) is 9.85. The molecule has 1 fully saturated rings. The van der Waals surface area contributed by atoms with Crippen LogP contribution in [0.25, 0.3) is 6.08 Å². The fraction of sp³-hybridized carbons (Fsp3) is 0.467. The summed E-state index contributed by atoms with van der Waals surface area (Å²) in [4.78, 5) is 0. The van der Waals surface area contributed by atoms with E-state index in [1.54, 1.807) is 12.1 Å². The molecule has 108 valence electrons. The second-order valence-corrected chi connectivity index (χ2v) is 6.34. The SMILES string of the molecule is CC1(C)OB(C(=Cc2ccccc2O)CS)OC1(C)C. The van der Waals surface area contributed by atoms with E-state index in [-0.39, 0.29) is 17.0 Å². The molecule has 0 spiro atoms. The topological polar surface area (TPSA) is 38.7 Å². The molecule has 0 atom stereocenters. The zero-order chi connectivity index (χ0) is 15.0. The number of phenolic OH excluding ortho intramolecular Hbond substituents is 1. The molecular weight excluding hydrogens is 271 g/mol. The van der Waals surface area contributed by atoms with Gasteiger partial charge in [-0.2, -0.15) is 12.6 Å². The zero-order valence-electron chi connectivity index (χ0n) is 12.4. The molecule has 1 heterocycles. The van der Waals surface area contributed by atoms with Crippen molar-refractivity contribution < 1.29 is 14.4 Å². The van der Waals surface area contributed by atoms with Crippen molar-refractivity contribution in [2.24, 2.45) is 0 Å². The summed E-state index contributed by atoms with van der Waals surface area (Å²) in [7, 11) is -0.433. The maximum absolute atomic E-state index is 9.85. The second-order valence-electron chi connectivity index (χ2n) is 6.02. The number of hydrogen-bond acceptors (Lipinski definition) is 4. The highest BCUT2D eigenvalue weighted by Crippen LogP contribution is 2.39. The molecular formula is C15H21BO3S. The third-order valence-electron chi connectivity index (χ3n) is 4.02. The van der Waals surface area contributed by atoms with Gasteiger partial charge in [0.15, 0.2) is 0 Å². The van der Waals surface area contributed by atoms with E-state index in [1.807, 2.05) is 45.9 Å². The number of thiol groups is 1. The van der Waals surface area contributed by atoms with Gasteiger partial charge in [0, 0.05) is 11.3 Å². The van der Waals surface area contributed by atoms with Crippen LogP contribution in [0.15, 0.2) is 29.7 Å². The van der Waals surface area contributed by atoms with E-state index in [2.05, 4.69) is 12.6 Å². The standard InChI is InChI=1S/C15H21BO3S/c1-14(2)15(3,4)19-16(18-14)12(10-20)9-11-7-5-6-8-13(11)17/h5-9,17,20H,10H2,1-4H3. The monoisotopic (exact) mass is 292 g/mol. The number of para-hydroxylation sites is 1. The molecule has 0 bridgehead atoms. The molecule has 0 aliphatic carbocycles. The van der Waals surface area contributed by atoms with Crippen LogP contribution >= 0.6 is 12.6 Å². The van der Waals surface area contributed by atoms with Crippen LogP contribution in [0.5, 0.6) is 5.75 Å². The van der Waals surface area contributed by atoms with Gasteiger partial charge in [-0.05, 0) is 39.2 Å². The van der Waals surface area contributed by atoms with Crippen molar-refractivity contribution in [3.05, 3.63) is 35.3 Å². The lowest BCUT2D eigenvalue weighted by molar-refractivity contribution is 0.00578. The van der Waals surface area contributed by atoms with Gasteiger partial charge in [-0.25, -0.2) is 0 Å². The summed E-state index contributed by atoms with van der Waals surface area (Å²) in [6, 6.07) is 7.18. The Bertz CT molecular complexity index is 510. The molecule has 2 rings (SSSR count). The number of hydrogen-bond donors (Lipinski definition) is 2. The van der Waals surface area contributed by atoms with Crippen LogP contribution in [0.1, 0.15) is 33.3 Å². The second kappa shape index (κ2) is 5.47. The van der Waals surface area contributed by atoms with E-state index in [4.69, 9.17) is 9.31 Å². The van der Waals surface area contributed by atoms with Gasteiger partial charge in [0.25, 0.3) is 0 Å². The van der Waals surface area contributed by atoms with Crippen molar-refractivity contribution in [3.8, 4) is 5.75 Å². The molecule has 5 heteroatoms. The van der Waals surface area contributed by atoms with E-state index in [0.717, 1.165) is 11.0 Å². The van der Waals surface area contributed by atoms with Gasteiger partial charge in [0.2, 0.25) is 0 Å². The van der Waals surface area contributed by atoms with Crippen LogP contribution in [0, 0.1) is 0 Å². The molecule has 1 aromatic carbocycles. The number of aromatic hydroxyl groups is 1. The lowest BCUT2D eigenvalue weighted by Gasteiger charge is -2.32. The van der Waals surface area contributed by atoms with Crippen molar-refractivity contribution in [1.29, 1.82) is 0 Å². The van der Waals surface area contributed by atoms with E-state index in [9.17, 15) is 5.11 Å². The predicted molar refractivity (Wildman–Crippen MR) is 86.0 cm³/mol. The summed E-state index contributed by atoms with van der Waals surface area (Å²) < 4.78 is 12.0. The van der Waals surface area contributed by atoms with Crippen LogP contribution in [0.3, 0.4) is 0 Å². The summed E-state index contributed by atoms with van der Waals surface area (Å²) in [5.41, 5.74) is 0.886. The Kier molecular flexibility index (Phi) is 4.23. The van der Waals surface area contributed by atoms with Gasteiger partial charge in [-0.1, -0.05) is 24.3 Å². The maximum Gasteiger partial charge on any atom is 0.491 e. The Hall–Kier alpha value is -0.905. The van der Waals surface area contributed by atoms with Gasteiger partial charge in [-0.3, -0.25) is 0 Å². The maximum atomic E-state index is 9.85. The third-order valence-corrected chi connectivity index (χ3v) is 4.38. The van der Waals surface area contributed by atoms with E-state index >= 15 is 0 Å². The summed E-state index contributed by atoms with van der Waals surface area (Å²) in [6.07, 6.45) is 1.88. The highest BCUT2D eigenvalue weighted by atomic mass is 32.1. The molecule has 3 nitrogen and oxygen atoms in total. The van der Waals surface area contributed by atoms with Crippen molar-refractivity contribution in [1.82, 2.24) is 0 Å². The minimum absolute atomic E-state index is 0.239. The van der Waals surface area contributed by atoms with Crippen molar-refractivity contribution >= 4 is 25.8 Å². The van der Waals surface area contributed by atoms with Crippen molar-refractivity contribution in [2.45, 2.75) is 38.9 Å². The van der Waals surface area contributed by atoms with Gasteiger partial charge >= 0.3 is 7.12 Å². The first-order chi connectivity index (χ1) is 9.27. The Morgan fingerprint density at radius 2 is 1.75 bits per heavy atom. The molecule has 0 unspecified atom stereocenters. The molecule has 1 N–H and O–H groups in total. The number of benzene rings is 1. The fourth-order valence-electron chi connectivity index (χ4n) is 1.99. The Balaban J connectivity index is 2.29. The van der Waals surface area contributed by atoms with Crippen LogP contribution in [0.4, 0.5) is 0 Å².